The Morgan fingerprint density at radius 1 is 0.852 bits per heavy atom. The van der Waals surface area contributed by atoms with Crippen molar-refractivity contribution in [2.45, 2.75) is 41.9 Å². The van der Waals surface area contributed by atoms with Gasteiger partial charge in [0.25, 0.3) is 5.67 Å². The minimum atomic E-state index is -6.75. The van der Waals surface area contributed by atoms with Crippen LogP contribution in [0.3, 0.4) is 0 Å². The summed E-state index contributed by atoms with van der Waals surface area (Å²) in [5.41, 5.74) is -19.0. The molecular weight excluding hydrogens is 396 g/mol. The summed E-state index contributed by atoms with van der Waals surface area (Å²) in [6.45, 7) is 1.34. The predicted molar refractivity (Wildman–Crippen MR) is 71.7 cm³/mol. The molecule has 0 spiro atoms. The SMILES string of the molecule is Cc1ccc(C2(F)C(F)C(F)(F)C(F)(F)C(F)(C(=O)O)C2(F)C(=O)O)cc1. The molecule has 2 rings (SSSR count). The normalized spacial score (nSPS) is 37.6. The standard InChI is InChI=1S/C15H10F8O4/c1-6-2-4-7(5-3-6)11(17)8(16)14(20,21)15(22,23)13(19,10(26)27)12(11,18)9(24)25/h2-5,8H,1H3,(H,24,25)(H,26,27). The Hall–Kier alpha value is -2.40. The molecule has 0 bridgehead atoms. The number of carboxylic acid groups (broad SMARTS) is 2. The molecule has 0 amide bonds. The maximum atomic E-state index is 15.4. The molecule has 0 aliphatic heterocycles. The highest BCUT2D eigenvalue weighted by atomic mass is 19.3. The summed E-state index contributed by atoms with van der Waals surface area (Å²) >= 11 is 0. The Bertz CT molecular complexity index is 798. The van der Waals surface area contributed by atoms with E-state index in [-0.39, 0.29) is 5.56 Å². The topological polar surface area (TPSA) is 74.6 Å². The zero-order valence-electron chi connectivity index (χ0n) is 13.1. The molecule has 150 valence electrons. The quantitative estimate of drug-likeness (QED) is 0.755. The van der Waals surface area contributed by atoms with Crippen molar-refractivity contribution in [1.82, 2.24) is 0 Å². The average Bonchev–Trinajstić information content (AvgIpc) is 2.57. The van der Waals surface area contributed by atoms with Crippen molar-refractivity contribution in [2.24, 2.45) is 0 Å². The molecular formula is C15H10F8O4. The summed E-state index contributed by atoms with van der Waals surface area (Å²) in [5, 5.41) is 17.6. The number of carbonyl (C=O) groups is 2. The van der Waals surface area contributed by atoms with Crippen LogP contribution in [0.5, 0.6) is 0 Å². The molecule has 27 heavy (non-hydrogen) atoms. The number of hydrogen-bond donors (Lipinski definition) is 2. The van der Waals surface area contributed by atoms with Crippen LogP contribution in [0, 0.1) is 6.92 Å². The molecule has 0 radical (unpaired) electrons. The van der Waals surface area contributed by atoms with Crippen LogP contribution in [-0.4, -0.2) is 51.5 Å². The van der Waals surface area contributed by atoms with Crippen LogP contribution in [0.2, 0.25) is 0 Å². The molecule has 2 N–H and O–H groups in total. The molecule has 1 aliphatic rings. The van der Waals surface area contributed by atoms with Crippen LogP contribution < -0.4 is 0 Å². The first kappa shape index (κ1) is 20.9. The van der Waals surface area contributed by atoms with Gasteiger partial charge in [-0.2, -0.15) is 17.6 Å². The van der Waals surface area contributed by atoms with Gasteiger partial charge >= 0.3 is 29.5 Å². The Morgan fingerprint density at radius 3 is 1.63 bits per heavy atom. The third-order valence-electron chi connectivity index (χ3n) is 4.56. The first-order valence-electron chi connectivity index (χ1n) is 7.05. The number of aryl methyl sites for hydroxylation is 1. The molecule has 0 saturated heterocycles. The van der Waals surface area contributed by atoms with E-state index in [0.29, 0.717) is 12.1 Å². The van der Waals surface area contributed by atoms with Crippen LogP contribution in [0.4, 0.5) is 35.1 Å². The van der Waals surface area contributed by atoms with E-state index in [1.54, 1.807) is 0 Å². The summed E-state index contributed by atoms with van der Waals surface area (Å²) < 4.78 is 115. The van der Waals surface area contributed by atoms with Crippen molar-refractivity contribution in [3.63, 3.8) is 0 Å². The van der Waals surface area contributed by atoms with Gasteiger partial charge in [0.05, 0.1) is 0 Å². The first-order valence-corrected chi connectivity index (χ1v) is 7.05. The highest BCUT2D eigenvalue weighted by Gasteiger charge is 2.97. The highest BCUT2D eigenvalue weighted by molar-refractivity contribution is 5.94. The largest absolute Gasteiger partial charge is 0.479 e. The number of halogens is 8. The van der Waals surface area contributed by atoms with E-state index >= 15 is 8.78 Å². The van der Waals surface area contributed by atoms with E-state index < -0.39 is 52.5 Å². The van der Waals surface area contributed by atoms with Crippen LogP contribution in [-0.2, 0) is 15.3 Å². The molecule has 4 nitrogen and oxygen atoms in total. The van der Waals surface area contributed by atoms with Gasteiger partial charge in [0.1, 0.15) is 0 Å². The number of benzene rings is 1. The highest BCUT2D eigenvalue weighted by Crippen LogP contribution is 2.66. The summed E-state index contributed by atoms with van der Waals surface area (Å²) in [6.07, 6.45) is -4.94. The molecule has 1 aliphatic carbocycles. The fourth-order valence-corrected chi connectivity index (χ4v) is 3.01. The minimum Gasteiger partial charge on any atom is -0.479 e. The van der Waals surface area contributed by atoms with E-state index in [9.17, 15) is 35.9 Å². The van der Waals surface area contributed by atoms with Gasteiger partial charge in [-0.25, -0.2) is 27.2 Å². The van der Waals surface area contributed by atoms with E-state index in [1.165, 1.54) is 6.92 Å². The fourth-order valence-electron chi connectivity index (χ4n) is 3.01. The van der Waals surface area contributed by atoms with Crippen LogP contribution >= 0.6 is 0 Å². The van der Waals surface area contributed by atoms with Crippen LogP contribution in [0.15, 0.2) is 24.3 Å². The van der Waals surface area contributed by atoms with Crippen molar-refractivity contribution < 1.29 is 54.9 Å². The molecule has 4 atom stereocenters. The average molecular weight is 406 g/mol. The van der Waals surface area contributed by atoms with E-state index in [1.807, 2.05) is 0 Å². The number of hydrogen-bond acceptors (Lipinski definition) is 2. The van der Waals surface area contributed by atoms with Gasteiger partial charge < -0.3 is 10.2 Å². The van der Waals surface area contributed by atoms with Crippen molar-refractivity contribution in [3.8, 4) is 0 Å². The zero-order chi connectivity index (χ0) is 21.2. The van der Waals surface area contributed by atoms with Gasteiger partial charge in [-0.3, -0.25) is 0 Å². The van der Waals surface area contributed by atoms with Gasteiger partial charge in [-0.1, -0.05) is 29.8 Å². The van der Waals surface area contributed by atoms with Crippen LogP contribution in [0.1, 0.15) is 11.1 Å². The lowest BCUT2D eigenvalue weighted by molar-refractivity contribution is -0.374. The molecule has 0 heterocycles. The van der Waals surface area contributed by atoms with E-state index in [0.717, 1.165) is 12.1 Å². The van der Waals surface area contributed by atoms with Gasteiger partial charge in [-0.15, -0.1) is 0 Å². The number of aliphatic carboxylic acids is 2. The molecule has 1 fully saturated rings. The molecule has 4 unspecified atom stereocenters. The third kappa shape index (κ3) is 2.03. The third-order valence-corrected chi connectivity index (χ3v) is 4.56. The minimum absolute atomic E-state index is 0.246. The van der Waals surface area contributed by atoms with Crippen molar-refractivity contribution in [2.75, 3.05) is 0 Å². The van der Waals surface area contributed by atoms with E-state index in [2.05, 4.69) is 0 Å². The van der Waals surface area contributed by atoms with Crippen molar-refractivity contribution in [3.05, 3.63) is 35.4 Å². The summed E-state index contributed by atoms with van der Waals surface area (Å²) in [6, 6.07) is 2.41. The summed E-state index contributed by atoms with van der Waals surface area (Å²) in [5.74, 6) is -20.4. The zero-order valence-corrected chi connectivity index (χ0v) is 13.1. The second-order valence-corrected chi connectivity index (χ2v) is 6.06. The smallest absolute Gasteiger partial charge is 0.361 e. The monoisotopic (exact) mass is 406 g/mol. The molecule has 1 saturated carbocycles. The van der Waals surface area contributed by atoms with E-state index in [4.69, 9.17) is 10.2 Å². The Labute approximate surface area is 145 Å². The molecule has 0 aromatic heterocycles. The van der Waals surface area contributed by atoms with Gasteiger partial charge in [0.2, 0.25) is 11.8 Å². The lowest BCUT2D eigenvalue weighted by atomic mass is 9.59. The Balaban J connectivity index is 3.04. The first-order chi connectivity index (χ1) is 12.0. The maximum Gasteiger partial charge on any atom is 0.361 e. The van der Waals surface area contributed by atoms with Crippen molar-refractivity contribution in [1.29, 1.82) is 0 Å². The molecule has 12 heteroatoms. The van der Waals surface area contributed by atoms with Gasteiger partial charge in [-0.05, 0) is 12.5 Å². The van der Waals surface area contributed by atoms with Crippen LogP contribution in [0.25, 0.3) is 0 Å². The molecule has 1 aromatic rings. The lowest BCUT2D eigenvalue weighted by Gasteiger charge is -2.53. The second-order valence-electron chi connectivity index (χ2n) is 6.06. The number of rotatable bonds is 3. The number of alkyl halides is 8. The lowest BCUT2D eigenvalue weighted by Crippen LogP contribution is -2.85. The number of carboxylic acids is 2. The van der Waals surface area contributed by atoms with Crippen molar-refractivity contribution >= 4 is 11.9 Å². The maximum absolute atomic E-state index is 15.4. The summed E-state index contributed by atoms with van der Waals surface area (Å²) in [4.78, 5) is 22.2. The Kier molecular flexibility index (Phi) is 4.30. The second kappa shape index (κ2) is 5.55. The summed E-state index contributed by atoms with van der Waals surface area (Å²) in [7, 11) is 0. The fraction of sp³-hybridized carbons (Fsp3) is 0.467. The molecule has 1 aromatic carbocycles. The predicted octanol–water partition coefficient (Wildman–Crippen LogP) is 3.37. The Morgan fingerprint density at radius 2 is 1.26 bits per heavy atom. The van der Waals surface area contributed by atoms with Gasteiger partial charge in [0, 0.05) is 0 Å². The van der Waals surface area contributed by atoms with Gasteiger partial charge in [0.15, 0.2) is 0 Å².